The van der Waals surface area contributed by atoms with Gasteiger partial charge in [-0.15, -0.1) is 12.4 Å². The highest BCUT2D eigenvalue weighted by Gasteiger charge is 2.11. The quantitative estimate of drug-likeness (QED) is 0.514. The van der Waals surface area contributed by atoms with Gasteiger partial charge in [-0.05, 0) is 35.9 Å². The monoisotopic (exact) mass is 430 g/mol. The molecule has 1 aromatic heterocycles. The zero-order chi connectivity index (χ0) is 20.5. The molecule has 6 nitrogen and oxygen atoms in total. The number of nitrogens with zero attached hydrogens (tertiary/aromatic N) is 1. The minimum absolute atomic E-state index is 0. The van der Waals surface area contributed by atoms with Crippen molar-refractivity contribution in [3.05, 3.63) is 77.6 Å². The van der Waals surface area contributed by atoms with E-state index in [-0.39, 0.29) is 12.4 Å². The van der Waals surface area contributed by atoms with Crippen LogP contribution in [0.3, 0.4) is 0 Å². The second-order valence-corrected chi connectivity index (χ2v) is 6.38. The average molecular weight is 431 g/mol. The number of methoxy groups -OCH3 is 3. The Balaban J connectivity index is 0.00000320. The molecule has 0 spiro atoms. The predicted octanol–water partition coefficient (Wildman–Crippen LogP) is 4.40. The Bertz CT molecular complexity index is 922. The van der Waals surface area contributed by atoms with Crippen LogP contribution in [-0.4, -0.2) is 26.3 Å². The van der Waals surface area contributed by atoms with Crippen LogP contribution >= 0.6 is 12.4 Å². The molecule has 1 N–H and O–H groups in total. The number of pyridine rings is 1. The molecule has 0 fully saturated rings. The summed E-state index contributed by atoms with van der Waals surface area (Å²) in [5.41, 5.74) is 3.02. The van der Waals surface area contributed by atoms with Crippen molar-refractivity contribution in [3.63, 3.8) is 0 Å². The molecule has 2 aromatic carbocycles. The first-order chi connectivity index (χ1) is 14.2. The van der Waals surface area contributed by atoms with E-state index in [0.717, 1.165) is 28.3 Å². The maximum Gasteiger partial charge on any atom is 0.164 e. The van der Waals surface area contributed by atoms with Crippen LogP contribution in [0.5, 0.6) is 23.0 Å². The number of hydrogen-bond donors (Lipinski definition) is 1. The fourth-order valence-electron chi connectivity index (χ4n) is 2.96. The van der Waals surface area contributed by atoms with Gasteiger partial charge in [0.2, 0.25) is 0 Å². The molecule has 1 heterocycles. The van der Waals surface area contributed by atoms with E-state index in [1.165, 1.54) is 0 Å². The standard InChI is InChI=1S/C23H26N2O4.ClH/c1-26-21-13-23(28-3)22(27-2)12-18(21)15-24-14-17-7-6-9-20(11-17)29-16-19-8-4-5-10-25-19;/h4-13,24H,14-16H2,1-3H3;1H. The maximum absolute atomic E-state index is 5.85. The Morgan fingerprint density at radius 1 is 0.800 bits per heavy atom. The van der Waals surface area contributed by atoms with Crippen LogP contribution in [0.1, 0.15) is 16.8 Å². The number of halogens is 1. The molecule has 3 rings (SSSR count). The minimum Gasteiger partial charge on any atom is -0.496 e. The first kappa shape index (κ1) is 23.3. The molecule has 0 saturated carbocycles. The fraction of sp³-hybridized carbons (Fsp3) is 0.261. The van der Waals surface area contributed by atoms with Crippen molar-refractivity contribution in [1.82, 2.24) is 10.3 Å². The van der Waals surface area contributed by atoms with E-state index < -0.39 is 0 Å². The van der Waals surface area contributed by atoms with E-state index in [2.05, 4.69) is 16.4 Å². The zero-order valence-corrected chi connectivity index (χ0v) is 18.2. The highest BCUT2D eigenvalue weighted by atomic mass is 35.5. The molecule has 0 atom stereocenters. The Morgan fingerprint density at radius 3 is 2.27 bits per heavy atom. The van der Waals surface area contributed by atoms with Gasteiger partial charge in [0.25, 0.3) is 0 Å². The van der Waals surface area contributed by atoms with Gasteiger partial charge in [-0.25, -0.2) is 0 Å². The lowest BCUT2D eigenvalue weighted by atomic mass is 10.1. The number of aromatic nitrogens is 1. The van der Waals surface area contributed by atoms with Crippen molar-refractivity contribution < 1.29 is 18.9 Å². The predicted molar refractivity (Wildman–Crippen MR) is 119 cm³/mol. The summed E-state index contributed by atoms with van der Waals surface area (Å²) < 4.78 is 22.1. The maximum atomic E-state index is 5.85. The number of ether oxygens (including phenoxy) is 4. The number of nitrogens with one attached hydrogen (secondary N) is 1. The van der Waals surface area contributed by atoms with Crippen molar-refractivity contribution in [1.29, 1.82) is 0 Å². The second kappa shape index (κ2) is 11.9. The third-order valence-corrected chi connectivity index (χ3v) is 4.44. The normalized spacial score (nSPS) is 10.1. The van der Waals surface area contributed by atoms with Gasteiger partial charge in [0, 0.05) is 30.9 Å². The first-order valence-corrected chi connectivity index (χ1v) is 9.34. The minimum atomic E-state index is 0. The molecule has 0 amide bonds. The summed E-state index contributed by atoms with van der Waals surface area (Å²) in [5.74, 6) is 2.89. The number of benzene rings is 2. The largest absolute Gasteiger partial charge is 0.496 e. The van der Waals surface area contributed by atoms with Crippen LogP contribution in [0.25, 0.3) is 0 Å². The fourth-order valence-corrected chi connectivity index (χ4v) is 2.96. The molecule has 0 bridgehead atoms. The summed E-state index contributed by atoms with van der Waals surface area (Å²) in [7, 11) is 4.88. The van der Waals surface area contributed by atoms with Crippen LogP contribution in [0.2, 0.25) is 0 Å². The van der Waals surface area contributed by atoms with Crippen LogP contribution in [0.15, 0.2) is 60.8 Å². The van der Waals surface area contributed by atoms with Crippen LogP contribution in [-0.2, 0) is 19.7 Å². The summed E-state index contributed by atoms with van der Waals surface area (Å²) in [4.78, 5) is 4.27. The summed E-state index contributed by atoms with van der Waals surface area (Å²) in [5, 5.41) is 3.44. The lowest BCUT2D eigenvalue weighted by Gasteiger charge is -2.15. The SMILES string of the molecule is COc1cc(OC)c(OC)cc1CNCc1cccc(OCc2ccccn2)c1.Cl. The van der Waals surface area contributed by atoms with Gasteiger partial charge < -0.3 is 24.3 Å². The molecular formula is C23H27ClN2O4. The van der Waals surface area contributed by atoms with Crippen molar-refractivity contribution in [2.24, 2.45) is 0 Å². The molecule has 0 saturated heterocycles. The molecule has 3 aromatic rings. The number of rotatable bonds is 10. The van der Waals surface area contributed by atoms with Gasteiger partial charge in [0.05, 0.1) is 27.0 Å². The third kappa shape index (κ3) is 6.27. The van der Waals surface area contributed by atoms with Crippen molar-refractivity contribution in [3.8, 4) is 23.0 Å². The van der Waals surface area contributed by atoms with Gasteiger partial charge in [-0.2, -0.15) is 0 Å². The lowest BCUT2D eigenvalue weighted by molar-refractivity contribution is 0.301. The van der Waals surface area contributed by atoms with Gasteiger partial charge in [0.15, 0.2) is 11.5 Å². The smallest absolute Gasteiger partial charge is 0.164 e. The summed E-state index contributed by atoms with van der Waals surface area (Å²) in [6.07, 6.45) is 1.77. The third-order valence-electron chi connectivity index (χ3n) is 4.44. The summed E-state index contributed by atoms with van der Waals surface area (Å²) in [6.45, 7) is 1.77. The van der Waals surface area contributed by atoms with E-state index in [1.54, 1.807) is 27.5 Å². The topological polar surface area (TPSA) is 61.8 Å². The van der Waals surface area contributed by atoms with E-state index >= 15 is 0 Å². The molecule has 0 radical (unpaired) electrons. The van der Waals surface area contributed by atoms with E-state index in [0.29, 0.717) is 31.2 Å². The van der Waals surface area contributed by atoms with Crippen LogP contribution in [0.4, 0.5) is 0 Å². The molecule has 0 aliphatic rings. The Labute approximate surface area is 183 Å². The van der Waals surface area contributed by atoms with E-state index in [1.807, 2.05) is 48.5 Å². The summed E-state index contributed by atoms with van der Waals surface area (Å²) in [6, 6.07) is 17.6. The first-order valence-electron chi connectivity index (χ1n) is 9.34. The van der Waals surface area contributed by atoms with Gasteiger partial charge in [-0.3, -0.25) is 4.98 Å². The van der Waals surface area contributed by atoms with Crippen LogP contribution < -0.4 is 24.3 Å². The lowest BCUT2D eigenvalue weighted by Crippen LogP contribution is -2.13. The molecule has 160 valence electrons. The highest BCUT2D eigenvalue weighted by Crippen LogP contribution is 2.34. The van der Waals surface area contributed by atoms with Gasteiger partial charge in [-0.1, -0.05) is 18.2 Å². The second-order valence-electron chi connectivity index (χ2n) is 6.38. The van der Waals surface area contributed by atoms with Crippen molar-refractivity contribution in [2.45, 2.75) is 19.7 Å². The van der Waals surface area contributed by atoms with Gasteiger partial charge in [0.1, 0.15) is 18.1 Å². The Kier molecular flexibility index (Phi) is 9.25. The molecule has 30 heavy (non-hydrogen) atoms. The van der Waals surface area contributed by atoms with Crippen LogP contribution in [0, 0.1) is 0 Å². The average Bonchev–Trinajstić information content (AvgIpc) is 2.78. The molecule has 7 heteroatoms. The Hall–Kier alpha value is -2.96. The van der Waals surface area contributed by atoms with E-state index in [9.17, 15) is 0 Å². The molecule has 0 unspecified atom stereocenters. The van der Waals surface area contributed by atoms with Crippen molar-refractivity contribution in [2.75, 3.05) is 21.3 Å². The summed E-state index contributed by atoms with van der Waals surface area (Å²) >= 11 is 0. The molecular weight excluding hydrogens is 404 g/mol. The van der Waals surface area contributed by atoms with E-state index in [4.69, 9.17) is 18.9 Å². The Morgan fingerprint density at radius 2 is 1.57 bits per heavy atom. The van der Waals surface area contributed by atoms with Gasteiger partial charge >= 0.3 is 0 Å². The highest BCUT2D eigenvalue weighted by molar-refractivity contribution is 5.85. The number of hydrogen-bond acceptors (Lipinski definition) is 6. The zero-order valence-electron chi connectivity index (χ0n) is 17.4. The molecule has 0 aliphatic heterocycles. The van der Waals surface area contributed by atoms with Crippen molar-refractivity contribution >= 4 is 12.4 Å². The molecule has 0 aliphatic carbocycles.